The molecule has 0 N–H and O–H groups in total. The van der Waals surface area contributed by atoms with Gasteiger partial charge in [0.05, 0.1) is 16.0 Å². The molecule has 0 bridgehead atoms. The van der Waals surface area contributed by atoms with Gasteiger partial charge in [-0.05, 0) is 28.4 Å². The number of hydrogen-bond donors (Lipinski definition) is 0. The number of hydrogen-bond acceptors (Lipinski definition) is 3. The van der Waals surface area contributed by atoms with Crippen LogP contribution >= 0.6 is 27.5 Å². The van der Waals surface area contributed by atoms with E-state index in [1.165, 1.54) is 6.07 Å². The summed E-state index contributed by atoms with van der Waals surface area (Å²) >= 11 is 8.91. The lowest BCUT2D eigenvalue weighted by Crippen LogP contribution is -2.01. The van der Waals surface area contributed by atoms with Crippen molar-refractivity contribution >= 4 is 33.2 Å². The molecule has 0 saturated heterocycles. The number of ether oxygens (including phenoxy) is 1. The number of nitrogens with zero attached hydrogens (tertiary/aromatic N) is 1. The van der Waals surface area contributed by atoms with Crippen molar-refractivity contribution in [2.75, 3.05) is 6.61 Å². The molecular weight excluding hydrogens is 309 g/mol. The highest BCUT2D eigenvalue weighted by atomic mass is 79.9. The molecule has 0 amide bonds. The number of halogens is 2. The highest BCUT2D eigenvalue weighted by Gasteiger charge is 2.19. The van der Waals surface area contributed by atoms with E-state index in [1.807, 2.05) is 0 Å². The molecule has 0 fully saturated rings. The van der Waals surface area contributed by atoms with Crippen LogP contribution in [0.25, 0.3) is 0 Å². The summed E-state index contributed by atoms with van der Waals surface area (Å²) in [6, 6.07) is 2.80. The first-order valence-corrected chi connectivity index (χ1v) is 5.93. The second-order valence-corrected chi connectivity index (χ2v) is 4.44. The molecule has 1 rings (SSSR count). The monoisotopic (exact) mass is 317 g/mol. The summed E-state index contributed by atoms with van der Waals surface area (Å²) in [7, 11) is 0. The van der Waals surface area contributed by atoms with E-state index in [2.05, 4.69) is 21.9 Å². The van der Waals surface area contributed by atoms with Crippen molar-refractivity contribution < 1.29 is 9.66 Å². The van der Waals surface area contributed by atoms with Crippen LogP contribution in [0.4, 0.5) is 5.69 Å². The Morgan fingerprint density at radius 3 is 2.88 bits per heavy atom. The fourth-order valence-corrected chi connectivity index (χ4v) is 2.08. The van der Waals surface area contributed by atoms with Gasteiger partial charge in [0.1, 0.15) is 0 Å². The molecule has 17 heavy (non-hydrogen) atoms. The Hall–Kier alpha value is -1.25. The molecule has 0 spiro atoms. The predicted octanol–water partition coefficient (Wildman–Crippen LogP) is 3.80. The lowest BCUT2D eigenvalue weighted by atomic mass is 10.3. The lowest BCUT2D eigenvalue weighted by Gasteiger charge is -2.08. The van der Waals surface area contributed by atoms with E-state index in [1.54, 1.807) is 6.07 Å². The zero-order chi connectivity index (χ0) is 12.8. The van der Waals surface area contributed by atoms with E-state index in [-0.39, 0.29) is 16.5 Å². The number of terminal acetylenes is 1. The van der Waals surface area contributed by atoms with Crippen molar-refractivity contribution in [2.24, 2.45) is 0 Å². The minimum absolute atomic E-state index is 0.162. The van der Waals surface area contributed by atoms with Crippen molar-refractivity contribution in [1.82, 2.24) is 0 Å². The number of nitro groups is 1. The fourth-order valence-electron chi connectivity index (χ4n) is 1.17. The fraction of sp³-hybridized carbons (Fsp3) is 0.273. The molecule has 0 aliphatic heterocycles. The van der Waals surface area contributed by atoms with Gasteiger partial charge in [0.2, 0.25) is 5.75 Å². The normalized spacial score (nSPS) is 9.71. The predicted molar refractivity (Wildman–Crippen MR) is 69.4 cm³/mol. The summed E-state index contributed by atoms with van der Waals surface area (Å²) in [4.78, 5) is 10.3. The molecule has 0 heterocycles. The highest BCUT2D eigenvalue weighted by molar-refractivity contribution is 9.10. The first kappa shape index (κ1) is 13.8. The number of unbranched alkanes of at least 4 members (excludes halogenated alkanes) is 1. The Morgan fingerprint density at radius 2 is 2.29 bits per heavy atom. The smallest absolute Gasteiger partial charge is 0.313 e. The largest absolute Gasteiger partial charge is 0.486 e. The molecule has 0 unspecified atom stereocenters. The topological polar surface area (TPSA) is 52.4 Å². The summed E-state index contributed by atoms with van der Waals surface area (Å²) in [6.07, 6.45) is 6.31. The van der Waals surface area contributed by atoms with Crippen LogP contribution in [0.2, 0.25) is 5.02 Å². The van der Waals surface area contributed by atoms with Gasteiger partial charge in [-0.25, -0.2) is 0 Å². The highest BCUT2D eigenvalue weighted by Crippen LogP contribution is 2.37. The Labute approximate surface area is 112 Å². The lowest BCUT2D eigenvalue weighted by molar-refractivity contribution is -0.385. The van der Waals surface area contributed by atoms with Crippen LogP contribution in [0.5, 0.6) is 5.75 Å². The van der Waals surface area contributed by atoms with Gasteiger partial charge >= 0.3 is 5.69 Å². The quantitative estimate of drug-likeness (QED) is 0.359. The van der Waals surface area contributed by atoms with Crippen LogP contribution in [0.1, 0.15) is 12.8 Å². The second-order valence-electron chi connectivity index (χ2n) is 3.15. The van der Waals surface area contributed by atoms with Gasteiger partial charge in [0.25, 0.3) is 0 Å². The first-order valence-electron chi connectivity index (χ1n) is 4.76. The number of benzene rings is 1. The Balaban J connectivity index is 2.89. The van der Waals surface area contributed by atoms with Gasteiger partial charge in [0.15, 0.2) is 0 Å². The van der Waals surface area contributed by atoms with Crippen LogP contribution in [0.15, 0.2) is 16.6 Å². The van der Waals surface area contributed by atoms with Crippen LogP contribution in [0, 0.1) is 22.5 Å². The Kier molecular flexibility index (Phi) is 5.26. The Morgan fingerprint density at radius 1 is 1.59 bits per heavy atom. The third-order valence-corrected chi connectivity index (χ3v) is 2.70. The number of nitro benzene ring substituents is 1. The summed E-state index contributed by atoms with van der Waals surface area (Å²) in [6.45, 7) is 0.325. The summed E-state index contributed by atoms with van der Waals surface area (Å²) < 4.78 is 5.80. The van der Waals surface area contributed by atoms with Crippen LogP contribution in [-0.4, -0.2) is 11.5 Å². The van der Waals surface area contributed by atoms with Gasteiger partial charge in [-0.3, -0.25) is 10.1 Å². The molecule has 6 heteroatoms. The maximum Gasteiger partial charge on any atom is 0.313 e. The second kappa shape index (κ2) is 6.48. The zero-order valence-electron chi connectivity index (χ0n) is 8.78. The van der Waals surface area contributed by atoms with Crippen molar-refractivity contribution in [1.29, 1.82) is 0 Å². The summed E-state index contributed by atoms with van der Waals surface area (Å²) in [5.74, 6) is 2.65. The van der Waals surface area contributed by atoms with Gasteiger partial charge in [-0.2, -0.15) is 0 Å². The molecule has 90 valence electrons. The van der Waals surface area contributed by atoms with Crippen LogP contribution < -0.4 is 4.74 Å². The van der Waals surface area contributed by atoms with Crippen LogP contribution in [-0.2, 0) is 0 Å². The molecule has 4 nitrogen and oxygen atoms in total. The van der Waals surface area contributed by atoms with E-state index in [0.29, 0.717) is 23.9 Å². The molecule has 0 atom stereocenters. The Bertz CT molecular complexity index is 471. The van der Waals surface area contributed by atoms with Gasteiger partial charge in [-0.1, -0.05) is 11.6 Å². The molecule has 1 aromatic rings. The molecule has 0 aliphatic carbocycles. The molecular formula is C11H9BrClNO3. The van der Waals surface area contributed by atoms with E-state index in [4.69, 9.17) is 22.8 Å². The van der Waals surface area contributed by atoms with Crippen molar-refractivity contribution in [2.45, 2.75) is 12.8 Å². The summed E-state index contributed by atoms with van der Waals surface area (Å²) in [5, 5.41) is 11.1. The first-order chi connectivity index (χ1) is 8.06. The van der Waals surface area contributed by atoms with E-state index >= 15 is 0 Å². The van der Waals surface area contributed by atoms with Gasteiger partial charge in [-0.15, -0.1) is 12.3 Å². The van der Waals surface area contributed by atoms with Crippen molar-refractivity contribution in [3.05, 3.63) is 31.7 Å². The molecule has 0 radical (unpaired) electrons. The standard InChI is InChI=1S/C11H9BrClNO3/c1-2-3-4-5-17-11-9(12)6-8(13)7-10(11)14(15)16/h1,6-7H,3-5H2. The minimum Gasteiger partial charge on any atom is -0.486 e. The zero-order valence-corrected chi connectivity index (χ0v) is 11.1. The van der Waals surface area contributed by atoms with E-state index < -0.39 is 4.92 Å². The molecule has 1 aromatic carbocycles. The third-order valence-electron chi connectivity index (χ3n) is 1.90. The maximum absolute atomic E-state index is 10.8. The summed E-state index contributed by atoms with van der Waals surface area (Å²) in [5.41, 5.74) is -0.162. The number of rotatable bonds is 5. The SMILES string of the molecule is C#CCCCOc1c(Br)cc(Cl)cc1[N+](=O)[O-]. The molecule has 0 aliphatic rings. The van der Waals surface area contributed by atoms with Gasteiger partial charge < -0.3 is 4.74 Å². The van der Waals surface area contributed by atoms with Gasteiger partial charge in [0, 0.05) is 17.5 Å². The maximum atomic E-state index is 10.8. The van der Waals surface area contributed by atoms with Crippen LogP contribution in [0.3, 0.4) is 0 Å². The molecule has 0 saturated carbocycles. The van der Waals surface area contributed by atoms with E-state index in [0.717, 1.165) is 0 Å². The average molecular weight is 319 g/mol. The third kappa shape index (κ3) is 3.91. The average Bonchev–Trinajstić information content (AvgIpc) is 2.25. The minimum atomic E-state index is -0.535. The molecule has 0 aromatic heterocycles. The van der Waals surface area contributed by atoms with Crippen molar-refractivity contribution in [3.8, 4) is 18.1 Å². The van der Waals surface area contributed by atoms with Crippen molar-refractivity contribution in [3.63, 3.8) is 0 Å². The van der Waals surface area contributed by atoms with E-state index in [9.17, 15) is 10.1 Å².